The largest absolute Gasteiger partial charge is 0.507 e. The molecule has 2 nitrogen and oxygen atoms in total. The summed E-state index contributed by atoms with van der Waals surface area (Å²) in [4.78, 5) is 0. The van der Waals surface area contributed by atoms with Crippen molar-refractivity contribution in [3.63, 3.8) is 0 Å². The quantitative estimate of drug-likeness (QED) is 0.861. The molecule has 16 heavy (non-hydrogen) atoms. The Morgan fingerprint density at radius 3 is 2.81 bits per heavy atom. The molecule has 0 amide bonds. The van der Waals surface area contributed by atoms with Gasteiger partial charge in [0.05, 0.1) is 6.04 Å². The summed E-state index contributed by atoms with van der Waals surface area (Å²) >= 11 is 7.55. The maximum atomic E-state index is 9.96. The number of aryl methyl sites for hydroxylation is 1. The summed E-state index contributed by atoms with van der Waals surface area (Å²) in [6.07, 6.45) is 0. The molecular formula is C12H12ClNOS. The summed E-state index contributed by atoms with van der Waals surface area (Å²) in [5.74, 6) is 0.225. The molecule has 0 radical (unpaired) electrons. The maximum Gasteiger partial charge on any atom is 0.123 e. The third kappa shape index (κ3) is 2.07. The fraction of sp³-hybridized carbons (Fsp3) is 0.167. The Morgan fingerprint density at radius 1 is 1.44 bits per heavy atom. The number of benzene rings is 1. The summed E-state index contributed by atoms with van der Waals surface area (Å²) in [5, 5.41) is 14.5. The van der Waals surface area contributed by atoms with Gasteiger partial charge in [-0.25, -0.2) is 0 Å². The Bertz CT molecular complexity index is 496. The van der Waals surface area contributed by atoms with Crippen LogP contribution >= 0.6 is 22.9 Å². The normalized spacial score (nSPS) is 12.7. The summed E-state index contributed by atoms with van der Waals surface area (Å²) in [5.41, 5.74) is 8.49. The number of phenols is 1. The molecule has 3 N–H and O–H groups in total. The van der Waals surface area contributed by atoms with Crippen LogP contribution < -0.4 is 5.73 Å². The highest BCUT2D eigenvalue weighted by Crippen LogP contribution is 2.33. The molecule has 0 unspecified atom stereocenters. The topological polar surface area (TPSA) is 46.2 Å². The van der Waals surface area contributed by atoms with E-state index in [4.69, 9.17) is 17.3 Å². The molecule has 0 fully saturated rings. The van der Waals surface area contributed by atoms with Gasteiger partial charge in [-0.05, 0) is 47.0 Å². The highest BCUT2D eigenvalue weighted by molar-refractivity contribution is 7.08. The van der Waals surface area contributed by atoms with Gasteiger partial charge in [0.15, 0.2) is 0 Å². The number of thiophene rings is 1. The Morgan fingerprint density at radius 2 is 2.19 bits per heavy atom. The third-order valence-corrected chi connectivity index (χ3v) is 3.45. The zero-order valence-corrected chi connectivity index (χ0v) is 10.3. The first kappa shape index (κ1) is 11.5. The molecule has 1 heterocycles. The lowest BCUT2D eigenvalue weighted by molar-refractivity contribution is 0.461. The van der Waals surface area contributed by atoms with E-state index in [1.165, 1.54) is 0 Å². The van der Waals surface area contributed by atoms with Gasteiger partial charge in [0.2, 0.25) is 0 Å². The van der Waals surface area contributed by atoms with E-state index in [-0.39, 0.29) is 11.8 Å². The van der Waals surface area contributed by atoms with E-state index >= 15 is 0 Å². The number of hydrogen-bond donors (Lipinski definition) is 2. The molecule has 1 aromatic carbocycles. The number of hydrogen-bond acceptors (Lipinski definition) is 3. The van der Waals surface area contributed by atoms with Gasteiger partial charge >= 0.3 is 0 Å². The average molecular weight is 254 g/mol. The number of phenolic OH excluding ortho intramolecular Hbond substituents is 1. The minimum absolute atomic E-state index is 0.225. The molecule has 0 bridgehead atoms. The van der Waals surface area contributed by atoms with Crippen LogP contribution in [0.25, 0.3) is 0 Å². The van der Waals surface area contributed by atoms with E-state index in [0.717, 1.165) is 11.1 Å². The standard InChI is InChI=1S/C12H12ClNOS/c1-7-4-9(13)5-10(12(7)15)11(14)8-2-3-16-6-8/h2-6,11,15H,14H2,1H3/t11-/m0/s1. The third-order valence-electron chi connectivity index (χ3n) is 2.53. The predicted octanol–water partition coefficient (Wildman–Crippen LogP) is 3.46. The van der Waals surface area contributed by atoms with E-state index in [9.17, 15) is 5.11 Å². The lowest BCUT2D eigenvalue weighted by Gasteiger charge is -2.14. The van der Waals surface area contributed by atoms with E-state index in [1.54, 1.807) is 23.5 Å². The average Bonchev–Trinajstić information content (AvgIpc) is 2.75. The van der Waals surface area contributed by atoms with Crippen LogP contribution in [0.2, 0.25) is 5.02 Å². The summed E-state index contributed by atoms with van der Waals surface area (Å²) in [6, 6.07) is 5.06. The fourth-order valence-electron chi connectivity index (χ4n) is 1.63. The Balaban J connectivity index is 2.48. The smallest absolute Gasteiger partial charge is 0.123 e. The molecular weight excluding hydrogens is 242 g/mol. The van der Waals surface area contributed by atoms with Crippen LogP contribution in [-0.2, 0) is 0 Å². The Hall–Kier alpha value is -1.03. The van der Waals surface area contributed by atoms with Gasteiger partial charge in [0.1, 0.15) is 5.75 Å². The van der Waals surface area contributed by atoms with Crippen molar-refractivity contribution in [3.05, 3.63) is 50.7 Å². The van der Waals surface area contributed by atoms with Crippen molar-refractivity contribution in [1.82, 2.24) is 0 Å². The molecule has 4 heteroatoms. The first-order valence-electron chi connectivity index (χ1n) is 4.86. The molecule has 2 aromatic rings. The monoisotopic (exact) mass is 253 g/mol. The second-order valence-corrected chi connectivity index (χ2v) is 4.91. The van der Waals surface area contributed by atoms with Crippen molar-refractivity contribution in [2.75, 3.05) is 0 Å². The van der Waals surface area contributed by atoms with Crippen LogP contribution in [0.15, 0.2) is 29.0 Å². The van der Waals surface area contributed by atoms with E-state index in [0.29, 0.717) is 10.6 Å². The van der Waals surface area contributed by atoms with Crippen molar-refractivity contribution in [2.24, 2.45) is 5.73 Å². The minimum Gasteiger partial charge on any atom is -0.507 e. The van der Waals surface area contributed by atoms with Gasteiger partial charge in [-0.1, -0.05) is 11.6 Å². The van der Waals surface area contributed by atoms with Crippen LogP contribution in [0.1, 0.15) is 22.7 Å². The molecule has 0 saturated heterocycles. The number of halogens is 1. The highest BCUT2D eigenvalue weighted by Gasteiger charge is 2.15. The van der Waals surface area contributed by atoms with Gasteiger partial charge in [0.25, 0.3) is 0 Å². The molecule has 1 aromatic heterocycles. The van der Waals surface area contributed by atoms with Crippen LogP contribution in [-0.4, -0.2) is 5.11 Å². The lowest BCUT2D eigenvalue weighted by atomic mass is 9.99. The van der Waals surface area contributed by atoms with Crippen molar-refractivity contribution >= 4 is 22.9 Å². The van der Waals surface area contributed by atoms with E-state index < -0.39 is 0 Å². The molecule has 0 spiro atoms. The van der Waals surface area contributed by atoms with Crippen molar-refractivity contribution in [2.45, 2.75) is 13.0 Å². The van der Waals surface area contributed by atoms with Gasteiger partial charge < -0.3 is 10.8 Å². The first-order valence-corrected chi connectivity index (χ1v) is 6.18. The molecule has 0 aliphatic rings. The zero-order valence-electron chi connectivity index (χ0n) is 8.77. The van der Waals surface area contributed by atoms with Gasteiger partial charge in [-0.15, -0.1) is 0 Å². The van der Waals surface area contributed by atoms with Gasteiger partial charge in [-0.3, -0.25) is 0 Å². The second-order valence-electron chi connectivity index (χ2n) is 3.69. The molecule has 2 rings (SSSR count). The molecule has 0 aliphatic carbocycles. The lowest BCUT2D eigenvalue weighted by Crippen LogP contribution is -2.11. The van der Waals surface area contributed by atoms with Crippen LogP contribution in [0.4, 0.5) is 0 Å². The first-order chi connectivity index (χ1) is 7.59. The second kappa shape index (κ2) is 4.45. The maximum absolute atomic E-state index is 9.96. The zero-order chi connectivity index (χ0) is 11.7. The van der Waals surface area contributed by atoms with Crippen molar-refractivity contribution < 1.29 is 5.11 Å². The summed E-state index contributed by atoms with van der Waals surface area (Å²) in [7, 11) is 0. The highest BCUT2D eigenvalue weighted by atomic mass is 35.5. The van der Waals surface area contributed by atoms with Crippen molar-refractivity contribution in [3.8, 4) is 5.75 Å². The van der Waals surface area contributed by atoms with Gasteiger partial charge in [0, 0.05) is 10.6 Å². The van der Waals surface area contributed by atoms with Crippen LogP contribution in [0.5, 0.6) is 5.75 Å². The van der Waals surface area contributed by atoms with Gasteiger partial charge in [-0.2, -0.15) is 11.3 Å². The predicted molar refractivity (Wildman–Crippen MR) is 68.2 cm³/mol. The fourth-order valence-corrected chi connectivity index (χ4v) is 2.61. The summed E-state index contributed by atoms with van der Waals surface area (Å²) in [6.45, 7) is 1.81. The van der Waals surface area contributed by atoms with E-state index in [1.807, 2.05) is 23.8 Å². The van der Waals surface area contributed by atoms with Crippen LogP contribution in [0, 0.1) is 6.92 Å². The number of aromatic hydroxyl groups is 1. The van der Waals surface area contributed by atoms with E-state index in [2.05, 4.69) is 0 Å². The number of nitrogens with two attached hydrogens (primary N) is 1. The van der Waals surface area contributed by atoms with Crippen molar-refractivity contribution in [1.29, 1.82) is 0 Å². The summed E-state index contributed by atoms with van der Waals surface area (Å²) < 4.78 is 0. The molecule has 0 aliphatic heterocycles. The number of rotatable bonds is 2. The molecule has 0 saturated carbocycles. The minimum atomic E-state index is -0.330. The molecule has 84 valence electrons. The molecule has 1 atom stereocenters. The SMILES string of the molecule is Cc1cc(Cl)cc([C@@H](N)c2ccsc2)c1O. The van der Waals surface area contributed by atoms with Crippen LogP contribution in [0.3, 0.4) is 0 Å². The Kier molecular flexibility index (Phi) is 3.19. The Labute approximate surface area is 103 Å².